The van der Waals surface area contributed by atoms with Crippen molar-refractivity contribution in [3.05, 3.63) is 57.7 Å². The van der Waals surface area contributed by atoms with Crippen molar-refractivity contribution in [1.29, 1.82) is 0 Å². The molecule has 1 atom stereocenters. The van der Waals surface area contributed by atoms with Gasteiger partial charge < -0.3 is 4.90 Å². The second-order valence-electron chi connectivity index (χ2n) is 4.06. The average molecular weight is 310 g/mol. The van der Waals surface area contributed by atoms with Gasteiger partial charge in [0.2, 0.25) is 0 Å². The normalized spacial score (nSPS) is 22.2. The Bertz CT molecular complexity index is 548. The fourth-order valence-electron chi connectivity index (χ4n) is 2.05. The second kappa shape index (κ2) is 4.31. The van der Waals surface area contributed by atoms with Crippen LogP contribution in [0.15, 0.2) is 52.1 Å². The van der Waals surface area contributed by atoms with E-state index in [4.69, 9.17) is 11.6 Å². The first kappa shape index (κ1) is 11.1. The number of allylic oxidation sites excluding steroid dienone is 2. The topological polar surface area (TPSA) is 15.6 Å². The summed E-state index contributed by atoms with van der Waals surface area (Å²) in [5.41, 5.74) is 1.16. The largest absolute Gasteiger partial charge is 0.330 e. The van der Waals surface area contributed by atoms with Crippen molar-refractivity contribution in [2.45, 2.75) is 6.04 Å². The van der Waals surface area contributed by atoms with Crippen molar-refractivity contribution in [2.75, 3.05) is 6.54 Å². The summed E-state index contributed by atoms with van der Waals surface area (Å²) in [6.07, 6.45) is 6.09. The van der Waals surface area contributed by atoms with Crippen molar-refractivity contribution >= 4 is 33.4 Å². The molecule has 2 aliphatic rings. The molecule has 2 heterocycles. The molecule has 0 saturated carbocycles. The molecule has 17 heavy (non-hydrogen) atoms. The van der Waals surface area contributed by atoms with E-state index in [1.54, 1.807) is 0 Å². The van der Waals surface area contributed by atoms with Crippen LogP contribution in [-0.2, 0) is 0 Å². The molecule has 1 aromatic rings. The zero-order chi connectivity index (χ0) is 11.8. The summed E-state index contributed by atoms with van der Waals surface area (Å²) < 4.78 is 1.07. The van der Waals surface area contributed by atoms with E-state index in [0.717, 1.165) is 27.4 Å². The van der Waals surface area contributed by atoms with Crippen LogP contribution in [0.25, 0.3) is 0 Å². The van der Waals surface area contributed by atoms with Crippen molar-refractivity contribution in [2.24, 2.45) is 4.99 Å². The Kier molecular flexibility index (Phi) is 2.81. The molecule has 1 aromatic carbocycles. The Morgan fingerprint density at radius 3 is 3.06 bits per heavy atom. The average Bonchev–Trinajstić information content (AvgIpc) is 2.72. The Morgan fingerprint density at radius 1 is 1.35 bits per heavy atom. The Balaban J connectivity index is 1.90. The van der Waals surface area contributed by atoms with E-state index in [0.29, 0.717) is 0 Å². The van der Waals surface area contributed by atoms with Crippen LogP contribution in [0.5, 0.6) is 0 Å². The smallest absolute Gasteiger partial charge is 0.128 e. The van der Waals surface area contributed by atoms with Gasteiger partial charge in [-0.25, -0.2) is 0 Å². The summed E-state index contributed by atoms with van der Waals surface area (Å²) in [7, 11) is 0. The maximum atomic E-state index is 6.00. The molecule has 0 radical (unpaired) electrons. The minimum atomic E-state index is 0.169. The van der Waals surface area contributed by atoms with Crippen molar-refractivity contribution < 1.29 is 0 Å². The fourth-order valence-corrected chi connectivity index (χ4v) is 2.63. The van der Waals surface area contributed by atoms with Crippen LogP contribution in [0.3, 0.4) is 0 Å². The van der Waals surface area contributed by atoms with E-state index in [1.807, 2.05) is 30.4 Å². The van der Waals surface area contributed by atoms with Crippen LogP contribution < -0.4 is 0 Å². The lowest BCUT2D eigenvalue weighted by atomic mass is 10.1. The van der Waals surface area contributed by atoms with Crippen LogP contribution >= 0.6 is 27.5 Å². The van der Waals surface area contributed by atoms with Crippen LogP contribution in [-0.4, -0.2) is 17.3 Å². The summed E-state index contributed by atoms with van der Waals surface area (Å²) in [5.74, 6) is 1.01. The molecule has 4 heteroatoms. The molecule has 0 amide bonds. The van der Waals surface area contributed by atoms with Gasteiger partial charge in [0, 0.05) is 15.7 Å². The van der Waals surface area contributed by atoms with Crippen molar-refractivity contribution in [3.8, 4) is 0 Å². The number of hydrogen-bond acceptors (Lipinski definition) is 2. The molecular formula is C13H10BrClN2. The Labute approximate surface area is 113 Å². The number of amidine groups is 1. The lowest BCUT2D eigenvalue weighted by molar-refractivity contribution is 0.549. The van der Waals surface area contributed by atoms with Crippen LogP contribution in [0.1, 0.15) is 11.6 Å². The highest BCUT2D eigenvalue weighted by Gasteiger charge is 2.25. The number of halogens is 2. The maximum absolute atomic E-state index is 6.00. The van der Waals surface area contributed by atoms with Crippen molar-refractivity contribution in [3.63, 3.8) is 0 Å². The van der Waals surface area contributed by atoms with Crippen LogP contribution in [0.4, 0.5) is 0 Å². The number of hydrogen-bond donors (Lipinski definition) is 0. The highest BCUT2D eigenvalue weighted by molar-refractivity contribution is 9.11. The molecule has 3 rings (SSSR count). The molecule has 2 aliphatic heterocycles. The molecule has 0 saturated heterocycles. The van der Waals surface area contributed by atoms with Gasteiger partial charge in [-0.15, -0.1) is 0 Å². The third-order valence-corrected chi connectivity index (χ3v) is 3.56. The van der Waals surface area contributed by atoms with Crippen LogP contribution in [0, 0.1) is 0 Å². The third kappa shape index (κ3) is 2.17. The quantitative estimate of drug-likeness (QED) is 0.768. The van der Waals surface area contributed by atoms with E-state index < -0.39 is 0 Å². The first-order chi connectivity index (χ1) is 8.22. The number of fused-ring (bicyclic) bond motifs is 1. The summed E-state index contributed by atoms with van der Waals surface area (Å²) in [4.78, 5) is 6.84. The number of aliphatic imine (C=N–C) groups is 1. The van der Waals surface area contributed by atoms with Crippen LogP contribution in [0.2, 0.25) is 5.02 Å². The van der Waals surface area contributed by atoms with Gasteiger partial charge in [0.1, 0.15) is 5.84 Å². The van der Waals surface area contributed by atoms with Gasteiger partial charge >= 0.3 is 0 Å². The van der Waals surface area contributed by atoms with E-state index in [9.17, 15) is 0 Å². The first-order valence-corrected chi connectivity index (χ1v) is 6.55. The van der Waals surface area contributed by atoms with Gasteiger partial charge in [-0.1, -0.05) is 23.7 Å². The minimum absolute atomic E-state index is 0.169. The molecule has 0 N–H and O–H groups in total. The molecule has 0 aliphatic carbocycles. The van der Waals surface area contributed by atoms with Gasteiger partial charge in [0.15, 0.2) is 0 Å². The van der Waals surface area contributed by atoms with E-state index >= 15 is 0 Å². The second-order valence-corrected chi connectivity index (χ2v) is 5.41. The lowest BCUT2D eigenvalue weighted by Gasteiger charge is -2.17. The van der Waals surface area contributed by atoms with E-state index in [1.165, 1.54) is 0 Å². The predicted octanol–water partition coefficient (Wildman–Crippen LogP) is 3.90. The first-order valence-electron chi connectivity index (χ1n) is 5.38. The van der Waals surface area contributed by atoms with E-state index in [2.05, 4.69) is 38.1 Å². The molecular weight excluding hydrogens is 300 g/mol. The van der Waals surface area contributed by atoms with Gasteiger partial charge in [-0.2, -0.15) is 0 Å². The Morgan fingerprint density at radius 2 is 2.24 bits per heavy atom. The summed E-state index contributed by atoms with van der Waals surface area (Å²) in [6.45, 7) is 0.870. The molecule has 0 bridgehead atoms. The summed E-state index contributed by atoms with van der Waals surface area (Å²) in [5, 5.41) is 0.764. The van der Waals surface area contributed by atoms with E-state index in [-0.39, 0.29) is 6.04 Å². The fraction of sp³-hybridized carbons (Fsp3) is 0.154. The highest BCUT2D eigenvalue weighted by atomic mass is 79.9. The maximum Gasteiger partial charge on any atom is 0.128 e. The summed E-state index contributed by atoms with van der Waals surface area (Å²) >= 11 is 9.47. The van der Waals surface area contributed by atoms with Gasteiger partial charge in [0.05, 0.1) is 12.6 Å². The van der Waals surface area contributed by atoms with Gasteiger partial charge in [-0.3, -0.25) is 4.99 Å². The molecule has 86 valence electrons. The minimum Gasteiger partial charge on any atom is -0.330 e. The Hall–Kier alpha value is -1.06. The standard InChI is InChI=1S/C13H10BrClN2/c14-10-4-5-13-16-12(8-17(13)7-10)9-2-1-3-11(15)6-9/h1-7,12H,8H2. The molecule has 1 unspecified atom stereocenters. The highest BCUT2D eigenvalue weighted by Crippen LogP contribution is 2.29. The number of benzene rings is 1. The lowest BCUT2D eigenvalue weighted by Crippen LogP contribution is -2.22. The molecule has 2 nitrogen and oxygen atoms in total. The number of rotatable bonds is 1. The molecule has 0 spiro atoms. The predicted molar refractivity (Wildman–Crippen MR) is 74.5 cm³/mol. The van der Waals surface area contributed by atoms with Gasteiger partial charge in [0.25, 0.3) is 0 Å². The SMILES string of the molecule is Clc1cccc(C2CN3C=C(Br)C=CC3=N2)c1. The van der Waals surface area contributed by atoms with Gasteiger partial charge in [-0.05, 0) is 45.8 Å². The zero-order valence-corrected chi connectivity index (χ0v) is 11.3. The summed E-state index contributed by atoms with van der Waals surface area (Å²) in [6, 6.07) is 8.08. The molecule has 0 aromatic heterocycles. The third-order valence-electron chi connectivity index (χ3n) is 2.86. The molecule has 0 fully saturated rings. The zero-order valence-electron chi connectivity index (χ0n) is 8.98. The van der Waals surface area contributed by atoms with Crippen molar-refractivity contribution in [1.82, 2.24) is 4.90 Å². The number of nitrogens with zero attached hydrogens (tertiary/aromatic N) is 2. The monoisotopic (exact) mass is 308 g/mol.